The van der Waals surface area contributed by atoms with Gasteiger partial charge in [0.15, 0.2) is 5.78 Å². The number of anilines is 1. The number of ketones is 1. The lowest BCUT2D eigenvalue weighted by atomic mass is 10.0. The molecule has 5 nitrogen and oxygen atoms in total. The van der Waals surface area contributed by atoms with Crippen molar-refractivity contribution >= 4 is 29.4 Å². The van der Waals surface area contributed by atoms with Crippen LogP contribution in [0.25, 0.3) is 0 Å². The van der Waals surface area contributed by atoms with Gasteiger partial charge in [-0.1, -0.05) is 11.6 Å². The molecule has 0 saturated carbocycles. The summed E-state index contributed by atoms with van der Waals surface area (Å²) in [6.07, 6.45) is 4.69. The standard InChI is InChI=1S/C14H19ClN4O/c1-9(20)12-8-17-14(11(7-16)13(12)15)18-10-3-5-19(2)6-4-10/h7-8,10,16H,3-6H2,1-2H3,(H,17,18). The van der Waals surface area contributed by atoms with Crippen molar-refractivity contribution in [1.29, 1.82) is 5.41 Å². The smallest absolute Gasteiger partial charge is 0.162 e. The zero-order chi connectivity index (χ0) is 14.7. The van der Waals surface area contributed by atoms with Gasteiger partial charge < -0.3 is 15.6 Å². The number of piperidine rings is 1. The molecule has 2 heterocycles. The molecule has 108 valence electrons. The number of carbonyl (C=O) groups excluding carboxylic acids is 1. The van der Waals surface area contributed by atoms with Gasteiger partial charge in [0.05, 0.1) is 16.1 Å². The first-order valence-corrected chi connectivity index (χ1v) is 7.05. The fourth-order valence-corrected chi connectivity index (χ4v) is 2.67. The van der Waals surface area contributed by atoms with E-state index in [1.807, 2.05) is 0 Å². The molecule has 0 amide bonds. The summed E-state index contributed by atoms with van der Waals surface area (Å²) in [6, 6.07) is 0.330. The molecule has 20 heavy (non-hydrogen) atoms. The van der Waals surface area contributed by atoms with Crippen LogP contribution in [0, 0.1) is 5.41 Å². The monoisotopic (exact) mass is 294 g/mol. The fraction of sp³-hybridized carbons (Fsp3) is 0.500. The average Bonchev–Trinajstić information content (AvgIpc) is 2.41. The van der Waals surface area contributed by atoms with Crippen molar-refractivity contribution in [2.45, 2.75) is 25.8 Å². The Hall–Kier alpha value is -1.46. The molecule has 1 saturated heterocycles. The fourth-order valence-electron chi connectivity index (χ4n) is 2.34. The normalized spacial score (nSPS) is 16.9. The number of pyridine rings is 1. The minimum absolute atomic E-state index is 0.142. The van der Waals surface area contributed by atoms with Crippen LogP contribution in [0.1, 0.15) is 35.7 Å². The van der Waals surface area contributed by atoms with E-state index in [-0.39, 0.29) is 5.78 Å². The van der Waals surface area contributed by atoms with Crippen LogP contribution in [0.5, 0.6) is 0 Å². The maximum Gasteiger partial charge on any atom is 0.162 e. The van der Waals surface area contributed by atoms with Crippen molar-refractivity contribution in [2.75, 3.05) is 25.5 Å². The molecule has 1 fully saturated rings. The highest BCUT2D eigenvalue weighted by Crippen LogP contribution is 2.26. The number of hydrogen-bond donors (Lipinski definition) is 2. The first-order chi connectivity index (χ1) is 9.52. The summed E-state index contributed by atoms with van der Waals surface area (Å²) < 4.78 is 0. The summed E-state index contributed by atoms with van der Waals surface area (Å²) >= 11 is 6.19. The van der Waals surface area contributed by atoms with Crippen molar-refractivity contribution in [2.24, 2.45) is 0 Å². The highest BCUT2D eigenvalue weighted by Gasteiger charge is 2.20. The number of hydrogen-bond acceptors (Lipinski definition) is 5. The zero-order valence-corrected chi connectivity index (χ0v) is 12.5. The van der Waals surface area contributed by atoms with E-state index in [4.69, 9.17) is 17.0 Å². The molecule has 2 rings (SSSR count). The molecular formula is C14H19ClN4O. The molecule has 0 aromatic carbocycles. The predicted octanol–water partition coefficient (Wildman–Crippen LogP) is 2.44. The molecule has 1 aromatic rings. The minimum Gasteiger partial charge on any atom is -0.367 e. The van der Waals surface area contributed by atoms with Crippen molar-refractivity contribution in [1.82, 2.24) is 9.88 Å². The number of aromatic nitrogens is 1. The third-order valence-corrected chi connectivity index (χ3v) is 4.04. The molecule has 0 atom stereocenters. The summed E-state index contributed by atoms with van der Waals surface area (Å²) in [5.74, 6) is 0.445. The number of nitrogens with zero attached hydrogens (tertiary/aromatic N) is 2. The van der Waals surface area contributed by atoms with Gasteiger partial charge in [0.1, 0.15) is 5.82 Å². The topological polar surface area (TPSA) is 69.1 Å². The molecule has 0 aliphatic carbocycles. The van der Waals surface area contributed by atoms with E-state index in [1.54, 1.807) is 0 Å². The third kappa shape index (κ3) is 3.16. The number of Topliss-reactive ketones (excluding diaryl/α,β-unsaturated/α-hetero) is 1. The van der Waals surface area contributed by atoms with Crippen LogP contribution in [0.2, 0.25) is 5.02 Å². The molecule has 1 aromatic heterocycles. The molecule has 1 aliphatic heterocycles. The van der Waals surface area contributed by atoms with Crippen LogP contribution in [-0.4, -0.2) is 48.1 Å². The van der Waals surface area contributed by atoms with Crippen LogP contribution in [0.3, 0.4) is 0 Å². The van der Waals surface area contributed by atoms with Crippen LogP contribution in [0.4, 0.5) is 5.82 Å². The Bertz CT molecular complexity index is 524. The van der Waals surface area contributed by atoms with Gasteiger partial charge in [-0.25, -0.2) is 4.98 Å². The van der Waals surface area contributed by atoms with Crippen LogP contribution in [-0.2, 0) is 0 Å². The predicted molar refractivity (Wildman–Crippen MR) is 81.3 cm³/mol. The molecule has 6 heteroatoms. The van der Waals surface area contributed by atoms with Gasteiger partial charge in [0.25, 0.3) is 0 Å². The molecule has 0 unspecified atom stereocenters. The van der Waals surface area contributed by atoms with E-state index in [1.165, 1.54) is 13.1 Å². The van der Waals surface area contributed by atoms with Gasteiger partial charge in [0, 0.05) is 18.5 Å². The highest BCUT2D eigenvalue weighted by molar-refractivity contribution is 6.36. The Morgan fingerprint density at radius 2 is 2.20 bits per heavy atom. The summed E-state index contributed by atoms with van der Waals surface area (Å²) in [6.45, 7) is 3.52. The lowest BCUT2D eigenvalue weighted by Crippen LogP contribution is -2.37. The van der Waals surface area contributed by atoms with Crippen molar-refractivity contribution < 1.29 is 4.79 Å². The summed E-state index contributed by atoms with van der Waals surface area (Å²) in [5, 5.41) is 11.2. The van der Waals surface area contributed by atoms with Gasteiger partial charge in [-0.15, -0.1) is 0 Å². The van der Waals surface area contributed by atoms with E-state index in [0.717, 1.165) is 32.1 Å². The Morgan fingerprint density at radius 3 is 2.75 bits per heavy atom. The van der Waals surface area contributed by atoms with E-state index < -0.39 is 0 Å². The first kappa shape index (κ1) is 14.9. The SMILES string of the molecule is CC(=O)c1cnc(NC2CCN(C)CC2)c(C=N)c1Cl. The quantitative estimate of drug-likeness (QED) is 0.661. The first-order valence-electron chi connectivity index (χ1n) is 6.68. The number of likely N-dealkylation sites (tertiary alicyclic amines) is 1. The third-order valence-electron chi connectivity index (χ3n) is 3.63. The molecule has 0 bridgehead atoms. The van der Waals surface area contributed by atoms with Crippen molar-refractivity contribution in [3.63, 3.8) is 0 Å². The van der Waals surface area contributed by atoms with E-state index in [2.05, 4.69) is 22.2 Å². The van der Waals surface area contributed by atoms with E-state index in [0.29, 0.717) is 28.0 Å². The molecule has 0 radical (unpaired) electrons. The second kappa shape index (κ2) is 6.33. The Labute approximate surface area is 123 Å². The summed E-state index contributed by atoms with van der Waals surface area (Å²) in [4.78, 5) is 18.0. The van der Waals surface area contributed by atoms with Crippen molar-refractivity contribution in [3.05, 3.63) is 22.3 Å². The van der Waals surface area contributed by atoms with Gasteiger partial charge >= 0.3 is 0 Å². The second-order valence-corrected chi connectivity index (χ2v) is 5.55. The van der Waals surface area contributed by atoms with Gasteiger partial charge in [0.2, 0.25) is 0 Å². The minimum atomic E-state index is -0.142. The highest BCUT2D eigenvalue weighted by atomic mass is 35.5. The number of carbonyl (C=O) groups is 1. The van der Waals surface area contributed by atoms with Gasteiger partial charge in [-0.05, 0) is 39.9 Å². The van der Waals surface area contributed by atoms with Gasteiger partial charge in [-0.2, -0.15) is 0 Å². The van der Waals surface area contributed by atoms with Crippen LogP contribution in [0.15, 0.2) is 6.20 Å². The Kier molecular flexibility index (Phi) is 4.73. The number of rotatable bonds is 4. The summed E-state index contributed by atoms with van der Waals surface area (Å²) in [7, 11) is 2.11. The molecule has 2 N–H and O–H groups in total. The lowest BCUT2D eigenvalue weighted by molar-refractivity contribution is 0.101. The maximum absolute atomic E-state index is 11.4. The average molecular weight is 295 g/mol. The lowest BCUT2D eigenvalue weighted by Gasteiger charge is -2.30. The van der Waals surface area contributed by atoms with E-state index >= 15 is 0 Å². The van der Waals surface area contributed by atoms with Crippen LogP contribution >= 0.6 is 11.6 Å². The van der Waals surface area contributed by atoms with Crippen molar-refractivity contribution in [3.8, 4) is 0 Å². The van der Waals surface area contributed by atoms with E-state index in [9.17, 15) is 4.79 Å². The Balaban J connectivity index is 2.22. The largest absolute Gasteiger partial charge is 0.367 e. The number of halogens is 1. The number of nitrogens with one attached hydrogen (secondary N) is 2. The zero-order valence-electron chi connectivity index (χ0n) is 11.7. The molecule has 1 aliphatic rings. The van der Waals surface area contributed by atoms with Crippen LogP contribution < -0.4 is 5.32 Å². The Morgan fingerprint density at radius 1 is 1.55 bits per heavy atom. The second-order valence-electron chi connectivity index (χ2n) is 5.17. The maximum atomic E-state index is 11.4. The molecule has 0 spiro atoms. The molecular weight excluding hydrogens is 276 g/mol. The summed E-state index contributed by atoms with van der Waals surface area (Å²) in [5.41, 5.74) is 0.845. The van der Waals surface area contributed by atoms with Gasteiger partial charge in [-0.3, -0.25) is 4.79 Å².